The molecular formula is C22H21ClF2N2O2. The summed E-state index contributed by atoms with van der Waals surface area (Å²) >= 11 is 6.25. The first kappa shape index (κ1) is 22.5. The van der Waals surface area contributed by atoms with Gasteiger partial charge >= 0.3 is 0 Å². The Kier molecular flexibility index (Phi) is 6.46. The molecule has 2 aromatic carbocycles. The first-order valence-corrected chi connectivity index (χ1v) is 9.21. The third-order valence-electron chi connectivity index (χ3n) is 4.67. The lowest BCUT2D eigenvalue weighted by atomic mass is 9.88. The van der Waals surface area contributed by atoms with Crippen molar-refractivity contribution in [2.45, 2.75) is 38.3 Å². The van der Waals surface area contributed by atoms with E-state index in [0.717, 1.165) is 6.92 Å². The first-order valence-electron chi connectivity index (χ1n) is 8.83. The van der Waals surface area contributed by atoms with Gasteiger partial charge in [0.25, 0.3) is 11.8 Å². The van der Waals surface area contributed by atoms with E-state index >= 15 is 0 Å². The maximum absolute atomic E-state index is 14.0. The minimum absolute atomic E-state index is 0.0560. The highest BCUT2D eigenvalue weighted by atomic mass is 35.5. The Labute approximate surface area is 173 Å². The standard InChI is InChI=1S/C22H21ClF2N2O2/c1-5-22(24,25)21(4,29)17-9-7-16(8-10-17)20(28)27(14(2)3)19-12-15(13-26)6-11-18(19)23/h5-12,14,29H,1H2,2-4H3. The van der Waals surface area contributed by atoms with E-state index in [-0.39, 0.29) is 17.2 Å². The van der Waals surface area contributed by atoms with Gasteiger partial charge in [0.15, 0.2) is 5.60 Å². The highest BCUT2D eigenvalue weighted by molar-refractivity contribution is 6.34. The largest absolute Gasteiger partial charge is 0.379 e. The number of nitrogens with zero attached hydrogens (tertiary/aromatic N) is 2. The summed E-state index contributed by atoms with van der Waals surface area (Å²) in [5, 5.41) is 19.7. The minimum atomic E-state index is -3.55. The quantitative estimate of drug-likeness (QED) is 0.648. The summed E-state index contributed by atoms with van der Waals surface area (Å²) in [6.45, 7) is 7.62. The van der Waals surface area contributed by atoms with Crippen LogP contribution < -0.4 is 4.90 Å². The van der Waals surface area contributed by atoms with Gasteiger partial charge in [-0.1, -0.05) is 30.3 Å². The van der Waals surface area contributed by atoms with Gasteiger partial charge in [-0.2, -0.15) is 14.0 Å². The molecule has 0 bridgehead atoms. The smallest absolute Gasteiger partial charge is 0.298 e. The third kappa shape index (κ3) is 4.31. The van der Waals surface area contributed by atoms with Crippen LogP contribution in [0.1, 0.15) is 42.3 Å². The number of amides is 1. The summed E-state index contributed by atoms with van der Waals surface area (Å²) < 4.78 is 27.9. The van der Waals surface area contributed by atoms with Gasteiger partial charge in [0.05, 0.1) is 22.3 Å². The number of anilines is 1. The Hall–Kier alpha value is -2.75. The second-order valence-electron chi connectivity index (χ2n) is 7.02. The predicted octanol–water partition coefficient (Wildman–Crippen LogP) is 5.30. The first-order chi connectivity index (χ1) is 13.5. The Balaban J connectivity index is 2.45. The van der Waals surface area contributed by atoms with Crippen molar-refractivity contribution in [3.63, 3.8) is 0 Å². The third-order valence-corrected chi connectivity index (χ3v) is 4.99. The molecule has 0 saturated carbocycles. The van der Waals surface area contributed by atoms with Crippen LogP contribution in [0.5, 0.6) is 0 Å². The molecule has 2 aromatic rings. The van der Waals surface area contributed by atoms with E-state index in [1.54, 1.807) is 19.9 Å². The molecule has 0 saturated heterocycles. The fourth-order valence-corrected chi connectivity index (χ4v) is 3.07. The molecule has 2 rings (SSSR count). The van der Waals surface area contributed by atoms with Gasteiger partial charge in [-0.3, -0.25) is 4.79 Å². The lowest BCUT2D eigenvalue weighted by Gasteiger charge is -2.31. The summed E-state index contributed by atoms with van der Waals surface area (Å²) in [6.07, 6.45) is 0.386. The zero-order valence-corrected chi connectivity index (χ0v) is 17.0. The van der Waals surface area contributed by atoms with Crippen LogP contribution >= 0.6 is 11.6 Å². The fraction of sp³-hybridized carbons (Fsp3) is 0.273. The van der Waals surface area contributed by atoms with Crippen molar-refractivity contribution in [3.05, 3.63) is 76.8 Å². The average molecular weight is 419 g/mol. The van der Waals surface area contributed by atoms with Crippen LogP contribution in [0, 0.1) is 11.3 Å². The number of hydrogen-bond acceptors (Lipinski definition) is 3. The molecule has 0 spiro atoms. The number of alkyl halides is 2. The zero-order chi connectivity index (χ0) is 22.0. The van der Waals surface area contributed by atoms with E-state index in [1.807, 2.05) is 6.07 Å². The molecule has 1 N–H and O–H groups in total. The molecule has 0 heterocycles. The molecule has 4 nitrogen and oxygen atoms in total. The van der Waals surface area contributed by atoms with Crippen molar-refractivity contribution in [1.29, 1.82) is 5.26 Å². The average Bonchev–Trinajstić information content (AvgIpc) is 2.69. The van der Waals surface area contributed by atoms with Crippen molar-refractivity contribution in [3.8, 4) is 6.07 Å². The Bertz CT molecular complexity index is 964. The number of rotatable bonds is 6. The van der Waals surface area contributed by atoms with Gasteiger partial charge in [0, 0.05) is 11.6 Å². The SMILES string of the molecule is C=CC(F)(F)C(C)(O)c1ccc(C(=O)N(c2cc(C#N)ccc2Cl)C(C)C)cc1. The van der Waals surface area contributed by atoms with Crippen molar-refractivity contribution in [2.24, 2.45) is 0 Å². The molecule has 29 heavy (non-hydrogen) atoms. The lowest BCUT2D eigenvalue weighted by molar-refractivity contribution is -0.144. The molecule has 7 heteroatoms. The molecule has 0 aromatic heterocycles. The van der Waals surface area contributed by atoms with Gasteiger partial charge in [0.2, 0.25) is 0 Å². The van der Waals surface area contributed by atoms with E-state index in [0.29, 0.717) is 22.3 Å². The van der Waals surface area contributed by atoms with Crippen LogP contribution in [0.25, 0.3) is 0 Å². The fourth-order valence-electron chi connectivity index (χ4n) is 2.86. The van der Waals surface area contributed by atoms with Crippen LogP contribution in [0.15, 0.2) is 55.1 Å². The number of aliphatic hydroxyl groups is 1. The van der Waals surface area contributed by atoms with Gasteiger partial charge in [-0.25, -0.2) is 0 Å². The Morgan fingerprint density at radius 3 is 2.34 bits per heavy atom. The van der Waals surface area contributed by atoms with Crippen LogP contribution in [0.3, 0.4) is 0 Å². The van der Waals surface area contributed by atoms with Gasteiger partial charge in [0.1, 0.15) is 0 Å². The van der Waals surface area contributed by atoms with Gasteiger partial charge in [-0.05, 0) is 62.7 Å². The Morgan fingerprint density at radius 1 is 1.28 bits per heavy atom. The predicted molar refractivity (Wildman–Crippen MR) is 109 cm³/mol. The second kappa shape index (κ2) is 8.32. The molecule has 0 fully saturated rings. The van der Waals surface area contributed by atoms with E-state index in [4.69, 9.17) is 16.9 Å². The van der Waals surface area contributed by atoms with E-state index in [2.05, 4.69) is 6.58 Å². The molecule has 1 amide bonds. The topological polar surface area (TPSA) is 64.3 Å². The number of carbonyl (C=O) groups excluding carboxylic acids is 1. The normalized spacial score (nSPS) is 13.5. The molecule has 0 aliphatic carbocycles. The summed E-state index contributed by atoms with van der Waals surface area (Å²) in [5.41, 5.74) is -1.59. The molecule has 0 aliphatic rings. The maximum atomic E-state index is 14.0. The van der Waals surface area contributed by atoms with Crippen molar-refractivity contribution >= 4 is 23.2 Å². The highest BCUT2D eigenvalue weighted by Gasteiger charge is 2.47. The van der Waals surface area contributed by atoms with Gasteiger partial charge in [-0.15, -0.1) is 0 Å². The van der Waals surface area contributed by atoms with Crippen molar-refractivity contribution in [2.75, 3.05) is 4.90 Å². The van der Waals surface area contributed by atoms with Crippen LogP contribution in [-0.4, -0.2) is 23.0 Å². The summed E-state index contributed by atoms with van der Waals surface area (Å²) in [7, 11) is 0. The number of hydrogen-bond donors (Lipinski definition) is 1. The minimum Gasteiger partial charge on any atom is -0.379 e. The number of benzene rings is 2. The molecule has 152 valence electrons. The monoisotopic (exact) mass is 418 g/mol. The van der Waals surface area contributed by atoms with Crippen LogP contribution in [0.4, 0.5) is 14.5 Å². The maximum Gasteiger partial charge on any atom is 0.298 e. The van der Waals surface area contributed by atoms with Gasteiger partial charge < -0.3 is 10.0 Å². The molecule has 1 atom stereocenters. The van der Waals surface area contributed by atoms with Crippen LogP contribution in [0.2, 0.25) is 5.02 Å². The molecule has 0 aliphatic heterocycles. The summed E-state index contributed by atoms with van der Waals surface area (Å²) in [6, 6.07) is 11.6. The number of nitriles is 1. The molecule has 0 radical (unpaired) electrons. The lowest BCUT2D eigenvalue weighted by Crippen LogP contribution is -2.41. The molecule has 1 unspecified atom stereocenters. The zero-order valence-electron chi connectivity index (χ0n) is 16.3. The molecular weight excluding hydrogens is 398 g/mol. The van der Waals surface area contributed by atoms with Crippen molar-refractivity contribution in [1.82, 2.24) is 0 Å². The van der Waals surface area contributed by atoms with E-state index < -0.39 is 17.4 Å². The van der Waals surface area contributed by atoms with Crippen LogP contribution in [-0.2, 0) is 5.60 Å². The van der Waals surface area contributed by atoms with Crippen molar-refractivity contribution < 1.29 is 18.7 Å². The summed E-state index contributed by atoms with van der Waals surface area (Å²) in [5.74, 6) is -3.97. The summed E-state index contributed by atoms with van der Waals surface area (Å²) in [4.78, 5) is 14.5. The number of carbonyl (C=O) groups is 1. The highest BCUT2D eigenvalue weighted by Crippen LogP contribution is 2.38. The Morgan fingerprint density at radius 2 is 1.86 bits per heavy atom. The number of halogens is 3. The van der Waals surface area contributed by atoms with E-state index in [9.17, 15) is 18.7 Å². The van der Waals surface area contributed by atoms with E-state index in [1.165, 1.54) is 41.3 Å². The second-order valence-corrected chi connectivity index (χ2v) is 7.43.